The highest BCUT2D eigenvalue weighted by molar-refractivity contribution is 5.95. The molecule has 0 aliphatic rings. The van der Waals surface area contributed by atoms with Gasteiger partial charge in [0.05, 0.1) is 11.1 Å². The van der Waals surface area contributed by atoms with Gasteiger partial charge in [-0.15, -0.1) is 0 Å². The fraction of sp³-hybridized carbons (Fsp3) is 0.100. The molecule has 0 fully saturated rings. The highest BCUT2D eigenvalue weighted by Crippen LogP contribution is 2.36. The number of hydrogen-bond acceptors (Lipinski definition) is 3. The fourth-order valence-corrected chi connectivity index (χ4v) is 2.14. The molecule has 0 aromatic heterocycles. The molecule has 30 heavy (non-hydrogen) atoms. The number of nitrogens with zero attached hydrogens (tertiary/aromatic N) is 1. The number of carbonyl (C=O) groups is 1. The predicted octanol–water partition coefficient (Wildman–Crippen LogP) is 5.27. The molecular formula is C20H14F6N2O2. The Hall–Kier alpha value is -3.56. The summed E-state index contributed by atoms with van der Waals surface area (Å²) in [7, 11) is 0. The quantitative estimate of drug-likeness (QED) is 0.176. The van der Waals surface area contributed by atoms with Gasteiger partial charge in [-0.1, -0.05) is 41.6 Å². The highest BCUT2D eigenvalue weighted by Gasteiger charge is 2.36. The number of halogens is 6. The summed E-state index contributed by atoms with van der Waals surface area (Å²) >= 11 is 0. The van der Waals surface area contributed by atoms with Crippen LogP contribution in [0.4, 0.5) is 26.3 Å². The van der Waals surface area contributed by atoms with Crippen LogP contribution in [0.5, 0.6) is 0 Å². The molecule has 0 atom stereocenters. The Balaban J connectivity index is 2.12. The molecule has 2 N–H and O–H groups in total. The van der Waals surface area contributed by atoms with Crippen molar-refractivity contribution >= 4 is 24.0 Å². The summed E-state index contributed by atoms with van der Waals surface area (Å²) in [5.74, 6) is -1.32. The van der Waals surface area contributed by atoms with Crippen LogP contribution in [0.2, 0.25) is 0 Å². The van der Waals surface area contributed by atoms with Crippen molar-refractivity contribution in [3.8, 4) is 0 Å². The lowest BCUT2D eigenvalue weighted by atomic mass is 10.0. The van der Waals surface area contributed by atoms with Gasteiger partial charge in [0.25, 0.3) is 0 Å². The van der Waals surface area contributed by atoms with Crippen molar-refractivity contribution < 1.29 is 36.0 Å². The first-order chi connectivity index (χ1) is 13.9. The van der Waals surface area contributed by atoms with Gasteiger partial charge in [-0.3, -0.25) is 0 Å². The van der Waals surface area contributed by atoms with Gasteiger partial charge in [-0.05, 0) is 41.5 Å². The molecule has 0 aliphatic heterocycles. The molecule has 0 saturated heterocycles. The second kappa shape index (κ2) is 9.29. The minimum absolute atomic E-state index is 0.00956. The summed E-state index contributed by atoms with van der Waals surface area (Å²) in [5.41, 5.74) is 2.81. The molecule has 158 valence electrons. The lowest BCUT2D eigenvalue weighted by Gasteiger charge is -2.12. The molecule has 0 saturated carbocycles. The van der Waals surface area contributed by atoms with Gasteiger partial charge >= 0.3 is 18.3 Å². The van der Waals surface area contributed by atoms with E-state index in [0.717, 1.165) is 23.8 Å². The molecule has 10 heteroatoms. The van der Waals surface area contributed by atoms with Crippen LogP contribution in [0.1, 0.15) is 22.3 Å². The van der Waals surface area contributed by atoms with Crippen LogP contribution in [0.15, 0.2) is 65.8 Å². The predicted molar refractivity (Wildman–Crippen MR) is 98.7 cm³/mol. The van der Waals surface area contributed by atoms with E-state index in [1.54, 1.807) is 30.3 Å². The van der Waals surface area contributed by atoms with E-state index in [9.17, 15) is 31.1 Å². The minimum Gasteiger partial charge on any atom is -0.381 e. The molecule has 4 nitrogen and oxygen atoms in total. The Bertz CT molecular complexity index is 945. The average molecular weight is 428 g/mol. The highest BCUT2D eigenvalue weighted by atomic mass is 19.4. The summed E-state index contributed by atoms with van der Waals surface area (Å²) in [6.45, 7) is 0. The van der Waals surface area contributed by atoms with E-state index >= 15 is 0 Å². The van der Waals surface area contributed by atoms with Crippen molar-refractivity contribution in [1.29, 1.82) is 0 Å². The first-order valence-corrected chi connectivity index (χ1v) is 8.20. The number of nitrogens with two attached hydrogens (primary N) is 1. The maximum absolute atomic E-state index is 12.8. The summed E-state index contributed by atoms with van der Waals surface area (Å²) in [4.78, 5) is 16.1. The SMILES string of the molecule is NC(/C=C/c1cc(C(F)(F)F)cc(C(F)(F)F)c1)=N/OC(=O)/C=C/c1ccccc1. The maximum Gasteiger partial charge on any atom is 0.416 e. The maximum atomic E-state index is 12.8. The normalized spacial score (nSPS) is 13.2. The van der Waals surface area contributed by atoms with E-state index in [0.29, 0.717) is 12.1 Å². The van der Waals surface area contributed by atoms with E-state index in [4.69, 9.17) is 5.73 Å². The zero-order chi connectivity index (χ0) is 22.4. The third-order valence-corrected chi connectivity index (χ3v) is 3.51. The van der Waals surface area contributed by atoms with Gasteiger partial charge in [0.2, 0.25) is 0 Å². The number of benzene rings is 2. The van der Waals surface area contributed by atoms with Crippen molar-refractivity contribution in [3.05, 3.63) is 82.9 Å². The minimum atomic E-state index is -4.97. The number of rotatable bonds is 5. The van der Waals surface area contributed by atoms with Crippen molar-refractivity contribution in [2.24, 2.45) is 10.9 Å². The van der Waals surface area contributed by atoms with Crippen LogP contribution in [0.3, 0.4) is 0 Å². The van der Waals surface area contributed by atoms with E-state index in [1.807, 2.05) is 0 Å². The second-order valence-electron chi connectivity index (χ2n) is 5.84. The first-order valence-electron chi connectivity index (χ1n) is 8.20. The Morgan fingerprint density at radius 2 is 1.37 bits per heavy atom. The summed E-state index contributed by atoms with van der Waals surface area (Å²) in [6.07, 6.45) is -5.63. The number of carbonyl (C=O) groups excluding carboxylic acids is 1. The van der Waals surface area contributed by atoms with Crippen LogP contribution in [-0.2, 0) is 22.0 Å². The van der Waals surface area contributed by atoms with Gasteiger partial charge in [0, 0.05) is 6.08 Å². The topological polar surface area (TPSA) is 64.7 Å². The monoisotopic (exact) mass is 428 g/mol. The molecule has 2 aromatic rings. The van der Waals surface area contributed by atoms with E-state index in [-0.39, 0.29) is 6.07 Å². The molecule has 2 rings (SSSR count). The van der Waals surface area contributed by atoms with Crippen molar-refractivity contribution in [2.75, 3.05) is 0 Å². The van der Waals surface area contributed by atoms with E-state index in [2.05, 4.69) is 9.99 Å². The Morgan fingerprint density at radius 3 is 1.90 bits per heavy atom. The molecule has 0 unspecified atom stereocenters. The van der Waals surface area contributed by atoms with Crippen molar-refractivity contribution in [1.82, 2.24) is 0 Å². The molecule has 0 heterocycles. The fourth-order valence-electron chi connectivity index (χ4n) is 2.14. The van der Waals surface area contributed by atoms with Crippen LogP contribution >= 0.6 is 0 Å². The molecule has 0 amide bonds. The van der Waals surface area contributed by atoms with Gasteiger partial charge in [0.1, 0.15) is 0 Å². The number of alkyl halides is 6. The van der Waals surface area contributed by atoms with Crippen LogP contribution in [-0.4, -0.2) is 11.8 Å². The first kappa shape index (κ1) is 22.7. The Morgan fingerprint density at radius 1 is 0.833 bits per heavy atom. The van der Waals surface area contributed by atoms with E-state index < -0.39 is 40.8 Å². The molecule has 0 bridgehead atoms. The molecular weight excluding hydrogens is 414 g/mol. The van der Waals surface area contributed by atoms with Gasteiger partial charge in [-0.2, -0.15) is 26.3 Å². The smallest absolute Gasteiger partial charge is 0.381 e. The molecule has 2 aromatic carbocycles. The van der Waals surface area contributed by atoms with Crippen LogP contribution in [0.25, 0.3) is 12.2 Å². The van der Waals surface area contributed by atoms with Gasteiger partial charge in [-0.25, -0.2) is 4.79 Å². The largest absolute Gasteiger partial charge is 0.416 e. The standard InChI is InChI=1S/C20H14F6N2O2/c21-19(22,23)15-10-14(11-16(12-15)20(24,25)26)6-8-17(27)28-30-18(29)9-7-13-4-2-1-3-5-13/h1-12H,(H2,27,28)/b8-6+,9-7+. The zero-order valence-corrected chi connectivity index (χ0v) is 15.0. The summed E-state index contributed by atoms with van der Waals surface area (Å²) in [6, 6.07) is 9.81. The van der Waals surface area contributed by atoms with Crippen LogP contribution < -0.4 is 5.73 Å². The number of oxime groups is 1. The number of amidine groups is 1. The lowest BCUT2D eigenvalue weighted by molar-refractivity contribution is -0.143. The van der Waals surface area contributed by atoms with Crippen LogP contribution in [0, 0.1) is 0 Å². The molecule has 0 aliphatic carbocycles. The third-order valence-electron chi connectivity index (χ3n) is 3.51. The van der Waals surface area contributed by atoms with Crippen molar-refractivity contribution in [3.63, 3.8) is 0 Å². The molecule has 0 spiro atoms. The number of hydrogen-bond donors (Lipinski definition) is 1. The second-order valence-corrected chi connectivity index (χ2v) is 5.84. The van der Waals surface area contributed by atoms with E-state index in [1.165, 1.54) is 6.08 Å². The zero-order valence-electron chi connectivity index (χ0n) is 15.0. The Labute approximate surface area is 166 Å². The van der Waals surface area contributed by atoms with Crippen molar-refractivity contribution in [2.45, 2.75) is 12.4 Å². The average Bonchev–Trinajstić information content (AvgIpc) is 2.68. The molecule has 0 radical (unpaired) electrons. The van der Waals surface area contributed by atoms with Gasteiger partial charge < -0.3 is 10.6 Å². The Kier molecular flexibility index (Phi) is 7.04. The van der Waals surface area contributed by atoms with Gasteiger partial charge in [0.15, 0.2) is 5.84 Å². The summed E-state index contributed by atoms with van der Waals surface area (Å²) < 4.78 is 77.0. The third kappa shape index (κ3) is 7.12. The summed E-state index contributed by atoms with van der Waals surface area (Å²) in [5, 5.41) is 3.26. The lowest BCUT2D eigenvalue weighted by Crippen LogP contribution is -2.11.